The Morgan fingerprint density at radius 2 is 1.89 bits per heavy atom. The highest BCUT2D eigenvalue weighted by Crippen LogP contribution is 2.19. The second kappa shape index (κ2) is 6.19. The molecule has 0 aromatic heterocycles. The lowest BCUT2D eigenvalue weighted by molar-refractivity contribution is -0.139. The molecule has 1 saturated heterocycles. The van der Waals surface area contributed by atoms with Crippen molar-refractivity contribution in [2.45, 2.75) is 43.9 Å². The van der Waals surface area contributed by atoms with Gasteiger partial charge in [-0.3, -0.25) is 4.79 Å². The number of rotatable bonds is 6. The van der Waals surface area contributed by atoms with Gasteiger partial charge in [-0.2, -0.15) is 0 Å². The third-order valence-corrected chi connectivity index (χ3v) is 6.80. The van der Waals surface area contributed by atoms with E-state index < -0.39 is 37.1 Å². The van der Waals surface area contributed by atoms with Crippen LogP contribution in [0.1, 0.15) is 32.6 Å². The van der Waals surface area contributed by atoms with Crippen LogP contribution in [0.3, 0.4) is 0 Å². The SMILES string of the molecule is CCC[C@H](NS(=O)(=O)C1CCS(=O)(=O)CC1)C(=O)O. The molecule has 0 amide bonds. The van der Waals surface area contributed by atoms with Gasteiger partial charge in [-0.25, -0.2) is 21.6 Å². The fourth-order valence-corrected chi connectivity index (χ4v) is 5.45. The third kappa shape index (κ3) is 4.73. The first-order chi connectivity index (χ1) is 8.68. The van der Waals surface area contributed by atoms with Crippen LogP contribution in [0.25, 0.3) is 0 Å². The van der Waals surface area contributed by atoms with E-state index in [-0.39, 0.29) is 30.8 Å². The minimum absolute atomic E-state index is 0.0239. The van der Waals surface area contributed by atoms with Crippen molar-refractivity contribution < 1.29 is 26.7 Å². The second-order valence-corrected chi connectivity index (χ2v) is 8.99. The standard InChI is InChI=1S/C10H19NO6S2/c1-2-3-9(10(12)13)11-19(16,17)8-4-6-18(14,15)7-5-8/h8-9,11H,2-7H2,1H3,(H,12,13)/t9-/m0/s1. The minimum atomic E-state index is -3.80. The molecule has 2 N–H and O–H groups in total. The highest BCUT2D eigenvalue weighted by molar-refractivity contribution is 7.92. The monoisotopic (exact) mass is 313 g/mol. The molecule has 0 bridgehead atoms. The maximum Gasteiger partial charge on any atom is 0.321 e. The predicted octanol–water partition coefficient (Wildman–Crippen LogP) is -0.264. The van der Waals surface area contributed by atoms with Crippen LogP contribution in [0.4, 0.5) is 0 Å². The molecular weight excluding hydrogens is 294 g/mol. The minimum Gasteiger partial charge on any atom is -0.480 e. The summed E-state index contributed by atoms with van der Waals surface area (Å²) in [6.45, 7) is 1.76. The fourth-order valence-electron chi connectivity index (χ4n) is 1.99. The van der Waals surface area contributed by atoms with Crippen molar-refractivity contribution >= 4 is 25.8 Å². The van der Waals surface area contributed by atoms with Crippen LogP contribution in [0.2, 0.25) is 0 Å². The molecule has 0 saturated carbocycles. The van der Waals surface area contributed by atoms with Crippen molar-refractivity contribution in [2.24, 2.45) is 0 Å². The lowest BCUT2D eigenvalue weighted by Crippen LogP contribution is -2.47. The number of sulfone groups is 1. The highest BCUT2D eigenvalue weighted by Gasteiger charge is 2.35. The maximum absolute atomic E-state index is 12.0. The summed E-state index contributed by atoms with van der Waals surface area (Å²) >= 11 is 0. The topological polar surface area (TPSA) is 118 Å². The summed E-state index contributed by atoms with van der Waals surface area (Å²) in [7, 11) is -6.93. The number of aliphatic carboxylic acids is 1. The van der Waals surface area contributed by atoms with Crippen LogP contribution >= 0.6 is 0 Å². The van der Waals surface area contributed by atoms with Gasteiger partial charge in [0.2, 0.25) is 10.0 Å². The lowest BCUT2D eigenvalue weighted by atomic mass is 10.2. The Kier molecular flexibility index (Phi) is 5.34. The Balaban J connectivity index is 2.73. The van der Waals surface area contributed by atoms with E-state index in [2.05, 4.69) is 4.72 Å². The zero-order valence-corrected chi connectivity index (χ0v) is 12.3. The summed E-state index contributed by atoms with van der Waals surface area (Å²) in [4.78, 5) is 10.9. The normalized spacial score (nSPS) is 21.9. The zero-order valence-electron chi connectivity index (χ0n) is 10.7. The van der Waals surface area contributed by atoms with Gasteiger partial charge in [0, 0.05) is 0 Å². The average Bonchev–Trinajstić information content (AvgIpc) is 2.27. The van der Waals surface area contributed by atoms with Gasteiger partial charge in [0.05, 0.1) is 16.8 Å². The highest BCUT2D eigenvalue weighted by atomic mass is 32.2. The molecule has 19 heavy (non-hydrogen) atoms. The Hall–Kier alpha value is -0.670. The first-order valence-corrected chi connectivity index (χ1v) is 9.49. The van der Waals surface area contributed by atoms with E-state index >= 15 is 0 Å². The molecule has 1 fully saturated rings. The van der Waals surface area contributed by atoms with Crippen LogP contribution in [-0.2, 0) is 24.7 Å². The number of sulfonamides is 1. The number of hydrogen-bond donors (Lipinski definition) is 2. The van der Waals surface area contributed by atoms with E-state index in [1.165, 1.54) is 0 Å². The molecule has 0 spiro atoms. The van der Waals surface area contributed by atoms with Crippen LogP contribution in [0, 0.1) is 0 Å². The van der Waals surface area contributed by atoms with Gasteiger partial charge >= 0.3 is 5.97 Å². The quantitative estimate of drug-likeness (QED) is 0.697. The zero-order chi connectivity index (χ0) is 14.7. The largest absolute Gasteiger partial charge is 0.480 e. The van der Waals surface area contributed by atoms with Gasteiger partial charge < -0.3 is 5.11 Å². The van der Waals surface area contributed by atoms with Crippen LogP contribution in [0.15, 0.2) is 0 Å². The Bertz CT molecular complexity index is 510. The van der Waals surface area contributed by atoms with Crippen molar-refractivity contribution in [3.05, 3.63) is 0 Å². The predicted molar refractivity (Wildman–Crippen MR) is 70.1 cm³/mol. The van der Waals surface area contributed by atoms with Gasteiger partial charge in [0.15, 0.2) is 0 Å². The van der Waals surface area contributed by atoms with Gasteiger partial charge in [-0.05, 0) is 19.3 Å². The van der Waals surface area contributed by atoms with Crippen molar-refractivity contribution in [2.75, 3.05) is 11.5 Å². The van der Waals surface area contributed by atoms with E-state index in [4.69, 9.17) is 5.11 Å². The molecule has 1 atom stereocenters. The molecule has 1 rings (SSSR count). The molecule has 0 unspecified atom stereocenters. The molecule has 0 radical (unpaired) electrons. The molecule has 7 nitrogen and oxygen atoms in total. The fraction of sp³-hybridized carbons (Fsp3) is 0.900. The van der Waals surface area contributed by atoms with Crippen molar-refractivity contribution in [1.82, 2.24) is 4.72 Å². The van der Waals surface area contributed by atoms with Crippen molar-refractivity contribution in [3.8, 4) is 0 Å². The summed E-state index contributed by atoms with van der Waals surface area (Å²) in [5, 5.41) is 8.10. The van der Waals surface area contributed by atoms with E-state index in [0.29, 0.717) is 6.42 Å². The van der Waals surface area contributed by atoms with Crippen molar-refractivity contribution in [3.63, 3.8) is 0 Å². The summed E-state index contributed by atoms with van der Waals surface area (Å²) < 4.78 is 48.7. The second-order valence-electron chi connectivity index (χ2n) is 4.69. The van der Waals surface area contributed by atoms with Gasteiger partial charge in [0.1, 0.15) is 15.9 Å². The molecule has 1 aliphatic rings. The first-order valence-electron chi connectivity index (χ1n) is 6.12. The van der Waals surface area contributed by atoms with Gasteiger partial charge in [-0.1, -0.05) is 13.3 Å². The number of carboxylic acid groups (broad SMARTS) is 1. The Morgan fingerprint density at radius 3 is 2.32 bits per heavy atom. The molecule has 0 aromatic rings. The number of carbonyl (C=O) groups is 1. The van der Waals surface area contributed by atoms with E-state index in [1.807, 2.05) is 0 Å². The molecule has 0 aliphatic carbocycles. The Morgan fingerprint density at radius 1 is 1.37 bits per heavy atom. The van der Waals surface area contributed by atoms with E-state index in [0.717, 1.165) is 0 Å². The third-order valence-electron chi connectivity index (χ3n) is 3.12. The number of carboxylic acids is 1. The molecule has 0 aromatic carbocycles. The average molecular weight is 313 g/mol. The lowest BCUT2D eigenvalue weighted by Gasteiger charge is -2.24. The van der Waals surface area contributed by atoms with E-state index in [1.54, 1.807) is 6.92 Å². The Labute approximate surface area is 113 Å². The molecule has 112 valence electrons. The maximum atomic E-state index is 12.0. The molecule has 9 heteroatoms. The van der Waals surface area contributed by atoms with Crippen LogP contribution in [0.5, 0.6) is 0 Å². The van der Waals surface area contributed by atoms with E-state index in [9.17, 15) is 21.6 Å². The van der Waals surface area contributed by atoms with Crippen LogP contribution in [-0.4, -0.2) is 50.7 Å². The molecule has 1 aliphatic heterocycles. The number of hydrogen-bond acceptors (Lipinski definition) is 5. The summed E-state index contributed by atoms with van der Waals surface area (Å²) in [5.41, 5.74) is 0. The van der Waals surface area contributed by atoms with Crippen molar-refractivity contribution in [1.29, 1.82) is 0 Å². The molecule has 1 heterocycles. The first kappa shape index (κ1) is 16.4. The number of nitrogens with one attached hydrogen (secondary N) is 1. The summed E-state index contributed by atoms with van der Waals surface area (Å²) in [6, 6.07) is -1.14. The van der Waals surface area contributed by atoms with Gasteiger partial charge in [0.25, 0.3) is 0 Å². The van der Waals surface area contributed by atoms with Gasteiger partial charge in [-0.15, -0.1) is 0 Å². The summed E-state index contributed by atoms with van der Waals surface area (Å²) in [6.07, 6.45) is 0.796. The smallest absolute Gasteiger partial charge is 0.321 e. The molecular formula is C10H19NO6S2. The van der Waals surface area contributed by atoms with Crippen LogP contribution < -0.4 is 4.72 Å². The summed E-state index contributed by atoms with van der Waals surface area (Å²) in [5.74, 6) is -1.54.